The van der Waals surface area contributed by atoms with E-state index in [-0.39, 0.29) is 5.91 Å². The van der Waals surface area contributed by atoms with Crippen molar-refractivity contribution >= 4 is 29.3 Å². The number of rotatable bonds is 10. The number of benzene rings is 2. The van der Waals surface area contributed by atoms with Crippen LogP contribution in [0.15, 0.2) is 47.4 Å². The van der Waals surface area contributed by atoms with Gasteiger partial charge in [-0.25, -0.2) is 4.98 Å². The Bertz CT molecular complexity index is 1190. The SMILES string of the molecule is CCCCCn1c(-c2ccc(SC(C)(C)C(=O)O)cc2)nc(C(=O)Nc2c(C)cccc2C)c1C. The van der Waals surface area contributed by atoms with Gasteiger partial charge in [0.2, 0.25) is 0 Å². The van der Waals surface area contributed by atoms with Crippen molar-refractivity contribution in [3.63, 3.8) is 0 Å². The first-order chi connectivity index (χ1) is 16.5. The van der Waals surface area contributed by atoms with Crippen molar-refractivity contribution in [3.8, 4) is 11.4 Å². The van der Waals surface area contributed by atoms with Gasteiger partial charge < -0.3 is 15.0 Å². The molecular weight excluding hydrogens is 458 g/mol. The number of aliphatic carboxylic acids is 1. The molecule has 0 unspecified atom stereocenters. The summed E-state index contributed by atoms with van der Waals surface area (Å²) in [5, 5.41) is 12.5. The number of imidazole rings is 1. The minimum Gasteiger partial charge on any atom is -0.480 e. The predicted octanol–water partition coefficient (Wildman–Crippen LogP) is 6.87. The minimum absolute atomic E-state index is 0.217. The first-order valence-electron chi connectivity index (χ1n) is 12.0. The Hall–Kier alpha value is -3.06. The summed E-state index contributed by atoms with van der Waals surface area (Å²) >= 11 is 1.31. The van der Waals surface area contributed by atoms with Gasteiger partial charge >= 0.3 is 5.97 Å². The van der Waals surface area contributed by atoms with Crippen molar-refractivity contribution in [2.45, 2.75) is 77.0 Å². The molecule has 0 aliphatic rings. The molecule has 1 amide bonds. The van der Waals surface area contributed by atoms with E-state index in [1.54, 1.807) is 13.8 Å². The van der Waals surface area contributed by atoms with Gasteiger partial charge in [-0.15, -0.1) is 11.8 Å². The van der Waals surface area contributed by atoms with E-state index in [1.165, 1.54) is 11.8 Å². The highest BCUT2D eigenvalue weighted by Crippen LogP contribution is 2.34. The van der Waals surface area contributed by atoms with Crippen LogP contribution in [0.2, 0.25) is 0 Å². The van der Waals surface area contributed by atoms with Crippen LogP contribution in [0.4, 0.5) is 5.69 Å². The largest absolute Gasteiger partial charge is 0.480 e. The van der Waals surface area contributed by atoms with Crippen LogP contribution in [0.1, 0.15) is 67.3 Å². The van der Waals surface area contributed by atoms with Gasteiger partial charge in [0.1, 0.15) is 16.3 Å². The van der Waals surface area contributed by atoms with Gasteiger partial charge in [-0.05, 0) is 64.3 Å². The molecule has 0 aliphatic carbocycles. The lowest BCUT2D eigenvalue weighted by Crippen LogP contribution is -2.26. The summed E-state index contributed by atoms with van der Waals surface area (Å²) < 4.78 is 1.20. The molecule has 35 heavy (non-hydrogen) atoms. The normalized spacial score (nSPS) is 11.5. The van der Waals surface area contributed by atoms with Gasteiger partial charge in [0.15, 0.2) is 0 Å². The second-order valence-electron chi connectivity index (χ2n) is 9.39. The molecule has 2 N–H and O–H groups in total. The molecule has 3 aromatic rings. The number of aromatic nitrogens is 2. The standard InChI is InChI=1S/C28H35N3O3S/c1-7-8-9-17-31-20(4)24(26(32)30-23-18(2)11-10-12-19(23)3)29-25(31)21-13-15-22(16-14-21)35-28(5,6)27(33)34/h10-16H,7-9,17H2,1-6H3,(H,30,32)(H,33,34). The summed E-state index contributed by atoms with van der Waals surface area (Å²) in [5.41, 5.74) is 5.00. The molecule has 6 nitrogen and oxygen atoms in total. The topological polar surface area (TPSA) is 84.2 Å². The Labute approximate surface area is 212 Å². The second kappa shape index (κ2) is 11.1. The molecular formula is C28H35N3O3S. The van der Waals surface area contributed by atoms with E-state index in [9.17, 15) is 14.7 Å². The Balaban J connectivity index is 1.95. The quantitative estimate of drug-likeness (QED) is 0.238. The van der Waals surface area contributed by atoms with E-state index < -0.39 is 10.7 Å². The molecule has 1 aromatic heterocycles. The zero-order valence-corrected chi connectivity index (χ0v) is 22.3. The number of nitrogens with zero attached hydrogens (tertiary/aromatic N) is 2. The van der Waals surface area contributed by atoms with E-state index in [1.807, 2.05) is 63.2 Å². The maximum atomic E-state index is 13.3. The zero-order valence-electron chi connectivity index (χ0n) is 21.4. The number of para-hydroxylation sites is 1. The highest BCUT2D eigenvalue weighted by Gasteiger charge is 2.28. The fourth-order valence-corrected chi connectivity index (χ4v) is 4.91. The molecule has 0 saturated heterocycles. The molecule has 7 heteroatoms. The molecule has 0 saturated carbocycles. The number of thioether (sulfide) groups is 1. The number of carbonyl (C=O) groups is 2. The maximum Gasteiger partial charge on any atom is 0.319 e. The van der Waals surface area contributed by atoms with Crippen LogP contribution in [0.3, 0.4) is 0 Å². The second-order valence-corrected chi connectivity index (χ2v) is 11.1. The lowest BCUT2D eigenvalue weighted by atomic mass is 10.1. The van der Waals surface area contributed by atoms with E-state index in [4.69, 9.17) is 4.98 Å². The van der Waals surface area contributed by atoms with E-state index in [0.29, 0.717) is 5.69 Å². The fourth-order valence-electron chi connectivity index (χ4n) is 3.96. The molecule has 0 radical (unpaired) electrons. The Morgan fingerprint density at radius 3 is 2.23 bits per heavy atom. The Morgan fingerprint density at radius 2 is 1.66 bits per heavy atom. The van der Waals surface area contributed by atoms with Crippen molar-refractivity contribution in [2.24, 2.45) is 0 Å². The third kappa shape index (κ3) is 6.14. The van der Waals surface area contributed by atoms with Crippen molar-refractivity contribution < 1.29 is 14.7 Å². The molecule has 0 spiro atoms. The molecule has 0 atom stereocenters. The van der Waals surface area contributed by atoms with Crippen molar-refractivity contribution in [1.29, 1.82) is 0 Å². The highest BCUT2D eigenvalue weighted by molar-refractivity contribution is 8.01. The van der Waals surface area contributed by atoms with Gasteiger partial charge in [0.25, 0.3) is 5.91 Å². The summed E-state index contributed by atoms with van der Waals surface area (Å²) in [5.74, 6) is -0.321. The Morgan fingerprint density at radius 1 is 1.03 bits per heavy atom. The average molecular weight is 494 g/mol. The molecule has 0 fully saturated rings. The monoisotopic (exact) mass is 493 g/mol. The molecule has 186 valence electrons. The number of carbonyl (C=O) groups excluding carboxylic acids is 1. The van der Waals surface area contributed by atoms with Crippen molar-refractivity contribution in [1.82, 2.24) is 9.55 Å². The number of carboxylic acid groups (broad SMARTS) is 1. The van der Waals surface area contributed by atoms with Crippen LogP contribution in [0.5, 0.6) is 0 Å². The van der Waals surface area contributed by atoms with E-state index in [0.717, 1.165) is 64.6 Å². The Kier molecular flexibility index (Phi) is 8.43. The third-order valence-corrected chi connectivity index (χ3v) is 7.33. The maximum absolute atomic E-state index is 13.3. The van der Waals surface area contributed by atoms with Gasteiger partial charge in [-0.1, -0.05) is 50.1 Å². The van der Waals surface area contributed by atoms with Crippen LogP contribution >= 0.6 is 11.8 Å². The van der Waals surface area contributed by atoms with E-state index in [2.05, 4.69) is 16.8 Å². The summed E-state index contributed by atoms with van der Waals surface area (Å²) in [7, 11) is 0. The van der Waals surface area contributed by atoms with Gasteiger partial charge in [0, 0.05) is 28.4 Å². The number of hydrogen-bond donors (Lipinski definition) is 2. The fraction of sp³-hybridized carbons (Fsp3) is 0.393. The molecule has 3 rings (SSSR count). The highest BCUT2D eigenvalue weighted by atomic mass is 32.2. The molecule has 0 aliphatic heterocycles. The van der Waals surface area contributed by atoms with Crippen molar-refractivity contribution in [2.75, 3.05) is 5.32 Å². The number of hydrogen-bond acceptors (Lipinski definition) is 4. The minimum atomic E-state index is -0.921. The molecule has 0 bridgehead atoms. The summed E-state index contributed by atoms with van der Waals surface area (Å²) in [4.78, 5) is 30.5. The van der Waals surface area contributed by atoms with Gasteiger partial charge in [-0.2, -0.15) is 0 Å². The number of aryl methyl sites for hydroxylation is 2. The van der Waals surface area contributed by atoms with Crippen LogP contribution in [-0.2, 0) is 11.3 Å². The lowest BCUT2D eigenvalue weighted by Gasteiger charge is -2.18. The average Bonchev–Trinajstić information content (AvgIpc) is 3.13. The predicted molar refractivity (Wildman–Crippen MR) is 143 cm³/mol. The molecule has 2 aromatic carbocycles. The zero-order chi connectivity index (χ0) is 25.8. The van der Waals surface area contributed by atoms with Gasteiger partial charge in [0.05, 0.1) is 0 Å². The number of carboxylic acids is 1. The summed E-state index contributed by atoms with van der Waals surface area (Å²) in [6, 6.07) is 13.7. The van der Waals surface area contributed by atoms with Crippen LogP contribution < -0.4 is 5.32 Å². The molecule has 1 heterocycles. The first kappa shape index (κ1) is 26.5. The van der Waals surface area contributed by atoms with Crippen LogP contribution in [0.25, 0.3) is 11.4 Å². The lowest BCUT2D eigenvalue weighted by molar-refractivity contribution is -0.138. The number of anilines is 1. The summed E-state index contributed by atoms with van der Waals surface area (Å²) in [6.45, 7) is 12.2. The number of unbranched alkanes of at least 4 members (excludes halogenated alkanes) is 2. The van der Waals surface area contributed by atoms with E-state index >= 15 is 0 Å². The number of amides is 1. The van der Waals surface area contributed by atoms with Gasteiger partial charge in [-0.3, -0.25) is 9.59 Å². The summed E-state index contributed by atoms with van der Waals surface area (Å²) in [6.07, 6.45) is 3.20. The number of nitrogens with one attached hydrogen (secondary N) is 1. The van der Waals surface area contributed by atoms with Crippen LogP contribution in [-0.4, -0.2) is 31.3 Å². The first-order valence-corrected chi connectivity index (χ1v) is 12.8. The van der Waals surface area contributed by atoms with Crippen molar-refractivity contribution in [3.05, 3.63) is 65.0 Å². The third-order valence-electron chi connectivity index (χ3n) is 6.14. The van der Waals surface area contributed by atoms with Crippen LogP contribution in [0, 0.1) is 20.8 Å². The smallest absolute Gasteiger partial charge is 0.319 e.